The monoisotopic (exact) mass is 557 g/mol. The Balaban J connectivity index is 1.73. The van der Waals surface area contributed by atoms with E-state index in [1.807, 2.05) is 32.6 Å². The standard InChI is InChI=1S/C26H39N9O5/c1-18-12-25(39)31-21-13-19(2-3-20(18)21)30-26(40)17-35-10-8-33(15-23(28)37)6-4-32(14-22(27)36)5-7-34(9-11-35)16-24(29)38/h2-3,12-13H,4-11,14-17H2,1H3,(H2,27,36)(H2,28,37)(H2,29,38)(H,30,40)(H,31,39). The molecule has 1 aliphatic rings. The second-order valence-electron chi connectivity index (χ2n) is 10.1. The van der Waals surface area contributed by atoms with Crippen LogP contribution in [-0.4, -0.2) is 127 Å². The SMILES string of the molecule is Cc1cc(=O)[nH]c2cc(NC(=O)CN3CCN(CC(N)=O)CCN(CC(N)=O)CCN(CC(N)=O)CC3)ccc12. The van der Waals surface area contributed by atoms with E-state index in [4.69, 9.17) is 17.2 Å². The van der Waals surface area contributed by atoms with E-state index >= 15 is 0 Å². The molecule has 8 N–H and O–H groups in total. The number of nitrogens with zero attached hydrogens (tertiary/aromatic N) is 4. The lowest BCUT2D eigenvalue weighted by atomic mass is 10.1. The number of hydrogen-bond donors (Lipinski definition) is 5. The summed E-state index contributed by atoms with van der Waals surface area (Å²) >= 11 is 0. The first kappa shape index (κ1) is 30.7. The molecule has 1 aromatic heterocycles. The number of H-pyrrole nitrogens is 1. The summed E-state index contributed by atoms with van der Waals surface area (Å²) in [6, 6.07) is 6.87. The summed E-state index contributed by atoms with van der Waals surface area (Å²) in [7, 11) is 0. The van der Waals surface area contributed by atoms with Crippen molar-refractivity contribution in [2.45, 2.75) is 6.92 Å². The van der Waals surface area contributed by atoms with Crippen LogP contribution in [0, 0.1) is 6.92 Å². The van der Waals surface area contributed by atoms with E-state index in [1.165, 1.54) is 6.07 Å². The summed E-state index contributed by atoms with van der Waals surface area (Å²) in [5.74, 6) is -1.68. The van der Waals surface area contributed by atoms with E-state index in [0.717, 1.165) is 10.9 Å². The third-order valence-electron chi connectivity index (χ3n) is 6.77. The molecule has 2 heterocycles. The molecule has 3 rings (SSSR count). The number of benzene rings is 1. The minimum Gasteiger partial charge on any atom is -0.369 e. The molecule has 0 radical (unpaired) electrons. The van der Waals surface area contributed by atoms with E-state index in [2.05, 4.69) is 10.3 Å². The van der Waals surface area contributed by atoms with Crippen molar-refractivity contribution in [3.8, 4) is 0 Å². The molecule has 2 aromatic rings. The van der Waals surface area contributed by atoms with Crippen molar-refractivity contribution in [2.75, 3.05) is 83.9 Å². The molecule has 1 fully saturated rings. The maximum Gasteiger partial charge on any atom is 0.248 e. The van der Waals surface area contributed by atoms with Gasteiger partial charge < -0.3 is 27.5 Å². The maximum absolute atomic E-state index is 13.0. The molecule has 4 amide bonds. The topological polar surface area (TPSA) is 204 Å². The van der Waals surface area contributed by atoms with Crippen molar-refractivity contribution in [3.63, 3.8) is 0 Å². The smallest absolute Gasteiger partial charge is 0.248 e. The van der Waals surface area contributed by atoms with Crippen molar-refractivity contribution in [1.29, 1.82) is 0 Å². The number of rotatable bonds is 9. The lowest BCUT2D eigenvalue weighted by molar-refractivity contribution is -0.121. The van der Waals surface area contributed by atoms with Crippen LogP contribution in [0.15, 0.2) is 29.1 Å². The summed E-state index contributed by atoms with van der Waals surface area (Å²) in [6.07, 6.45) is 0. The molecule has 0 bridgehead atoms. The highest BCUT2D eigenvalue weighted by Gasteiger charge is 2.20. The Labute approximate surface area is 232 Å². The first-order chi connectivity index (χ1) is 19.0. The van der Waals surface area contributed by atoms with Crippen LogP contribution in [0.2, 0.25) is 0 Å². The van der Waals surface area contributed by atoms with Gasteiger partial charge in [0.1, 0.15) is 0 Å². The number of aryl methyl sites for hydroxylation is 1. The molecule has 0 atom stereocenters. The van der Waals surface area contributed by atoms with Gasteiger partial charge in [0.15, 0.2) is 0 Å². The Bertz CT molecular complexity index is 1250. The molecular formula is C26H39N9O5. The number of carbonyl (C=O) groups excluding carboxylic acids is 4. The van der Waals surface area contributed by atoms with Crippen LogP contribution in [0.1, 0.15) is 5.56 Å². The number of amides is 4. The van der Waals surface area contributed by atoms with Crippen molar-refractivity contribution in [3.05, 3.63) is 40.2 Å². The van der Waals surface area contributed by atoms with Gasteiger partial charge in [-0.15, -0.1) is 0 Å². The van der Waals surface area contributed by atoms with Crippen molar-refractivity contribution < 1.29 is 19.2 Å². The Morgan fingerprint density at radius 2 is 1.15 bits per heavy atom. The Hall–Kier alpha value is -3.85. The summed E-state index contributed by atoms with van der Waals surface area (Å²) < 4.78 is 0. The molecule has 14 heteroatoms. The number of fused-ring (bicyclic) bond motifs is 1. The average molecular weight is 558 g/mol. The van der Waals surface area contributed by atoms with Crippen molar-refractivity contribution in [1.82, 2.24) is 24.6 Å². The molecule has 0 unspecified atom stereocenters. The summed E-state index contributed by atoms with van der Waals surface area (Å²) in [5, 5.41) is 3.78. The number of nitrogens with two attached hydrogens (primary N) is 3. The zero-order valence-corrected chi connectivity index (χ0v) is 22.9. The van der Waals surface area contributed by atoms with Gasteiger partial charge >= 0.3 is 0 Å². The summed E-state index contributed by atoms with van der Waals surface area (Å²) in [4.78, 5) is 70.2. The predicted octanol–water partition coefficient (Wildman–Crippen LogP) is -2.55. The fraction of sp³-hybridized carbons (Fsp3) is 0.500. The largest absolute Gasteiger partial charge is 0.369 e. The highest BCUT2D eigenvalue weighted by molar-refractivity contribution is 5.95. The Kier molecular flexibility index (Phi) is 11.1. The van der Waals surface area contributed by atoms with E-state index in [-0.39, 0.29) is 37.6 Å². The van der Waals surface area contributed by atoms with Crippen LogP contribution < -0.4 is 28.1 Å². The number of carbonyl (C=O) groups is 4. The average Bonchev–Trinajstić information content (AvgIpc) is 2.84. The first-order valence-electron chi connectivity index (χ1n) is 13.2. The molecule has 218 valence electrons. The lowest BCUT2D eigenvalue weighted by Gasteiger charge is -2.33. The van der Waals surface area contributed by atoms with Gasteiger partial charge in [0.05, 0.1) is 31.7 Å². The number of hydrogen-bond acceptors (Lipinski definition) is 9. The molecule has 40 heavy (non-hydrogen) atoms. The quantitative estimate of drug-likeness (QED) is 0.220. The molecule has 14 nitrogen and oxygen atoms in total. The Morgan fingerprint density at radius 3 is 1.57 bits per heavy atom. The Morgan fingerprint density at radius 1 is 0.725 bits per heavy atom. The minimum absolute atomic E-state index is 0.0347. The highest BCUT2D eigenvalue weighted by atomic mass is 16.2. The molecule has 1 aliphatic heterocycles. The molecule has 0 aliphatic carbocycles. The third kappa shape index (κ3) is 10.0. The lowest BCUT2D eigenvalue weighted by Crippen LogP contribution is -2.50. The van der Waals surface area contributed by atoms with E-state index in [1.54, 1.807) is 12.1 Å². The molecular weight excluding hydrogens is 518 g/mol. The number of anilines is 1. The normalized spacial score (nSPS) is 17.1. The van der Waals surface area contributed by atoms with Crippen LogP contribution in [0.5, 0.6) is 0 Å². The van der Waals surface area contributed by atoms with Crippen LogP contribution in [-0.2, 0) is 19.2 Å². The molecule has 0 spiro atoms. The summed E-state index contributed by atoms with van der Waals surface area (Å²) in [6.45, 7) is 5.67. The zero-order chi connectivity index (χ0) is 29.2. The van der Waals surface area contributed by atoms with Gasteiger partial charge in [-0.1, -0.05) is 6.07 Å². The van der Waals surface area contributed by atoms with Gasteiger partial charge in [-0.05, 0) is 24.6 Å². The van der Waals surface area contributed by atoms with Gasteiger partial charge in [0.25, 0.3) is 0 Å². The fourth-order valence-corrected chi connectivity index (χ4v) is 4.79. The zero-order valence-electron chi connectivity index (χ0n) is 22.9. The number of primary amides is 3. The molecule has 1 aromatic carbocycles. The van der Waals surface area contributed by atoms with Crippen LogP contribution >= 0.6 is 0 Å². The highest BCUT2D eigenvalue weighted by Crippen LogP contribution is 2.19. The third-order valence-corrected chi connectivity index (χ3v) is 6.77. The van der Waals surface area contributed by atoms with Crippen molar-refractivity contribution >= 4 is 40.2 Å². The summed E-state index contributed by atoms with van der Waals surface area (Å²) in [5.41, 5.74) is 18.1. The van der Waals surface area contributed by atoms with Crippen LogP contribution in [0.3, 0.4) is 0 Å². The van der Waals surface area contributed by atoms with Gasteiger partial charge in [-0.25, -0.2) is 0 Å². The van der Waals surface area contributed by atoms with Gasteiger partial charge in [-0.2, -0.15) is 0 Å². The van der Waals surface area contributed by atoms with Gasteiger partial charge in [0.2, 0.25) is 29.2 Å². The van der Waals surface area contributed by atoms with E-state index in [9.17, 15) is 24.0 Å². The molecule has 1 saturated heterocycles. The van der Waals surface area contributed by atoms with E-state index in [0.29, 0.717) is 63.6 Å². The maximum atomic E-state index is 13.0. The first-order valence-corrected chi connectivity index (χ1v) is 13.2. The van der Waals surface area contributed by atoms with Gasteiger partial charge in [0, 0.05) is 69.5 Å². The predicted molar refractivity (Wildman–Crippen MR) is 151 cm³/mol. The number of nitrogens with one attached hydrogen (secondary N) is 2. The second kappa shape index (κ2) is 14.5. The van der Waals surface area contributed by atoms with Crippen LogP contribution in [0.4, 0.5) is 5.69 Å². The van der Waals surface area contributed by atoms with Crippen LogP contribution in [0.25, 0.3) is 10.9 Å². The van der Waals surface area contributed by atoms with Crippen molar-refractivity contribution in [2.24, 2.45) is 17.2 Å². The fourth-order valence-electron chi connectivity index (χ4n) is 4.79. The number of pyridine rings is 1. The second-order valence-corrected chi connectivity index (χ2v) is 10.1. The van der Waals surface area contributed by atoms with Gasteiger partial charge in [-0.3, -0.25) is 43.6 Å². The molecule has 0 saturated carbocycles. The number of aromatic amines is 1. The number of aromatic nitrogens is 1. The van der Waals surface area contributed by atoms with E-state index < -0.39 is 17.7 Å². The minimum atomic E-state index is -0.477.